The Bertz CT molecular complexity index is 180. The highest BCUT2D eigenvalue weighted by atomic mass is 16.1. The van der Waals surface area contributed by atoms with Gasteiger partial charge >= 0.3 is 0 Å². The van der Waals surface area contributed by atoms with Gasteiger partial charge in [0.25, 0.3) is 0 Å². The summed E-state index contributed by atoms with van der Waals surface area (Å²) >= 11 is 0. The molecule has 0 aromatic heterocycles. The smallest absolute Gasteiger partial charge is 0.220 e. The van der Waals surface area contributed by atoms with Crippen molar-refractivity contribution >= 4 is 5.91 Å². The van der Waals surface area contributed by atoms with Crippen LogP contribution >= 0.6 is 0 Å². The highest BCUT2D eigenvalue weighted by molar-refractivity contribution is 5.78. The molecule has 2 atom stereocenters. The van der Waals surface area contributed by atoms with Crippen molar-refractivity contribution in [2.75, 3.05) is 6.54 Å². The standard InChI is InChI=1S/C10H20N2O/c1-7(2)8(3)11-6-9-4-5-10(13)12-9/h7-9,11H,4-6H2,1-3H3,(H,12,13). The van der Waals surface area contributed by atoms with Gasteiger partial charge in [-0.25, -0.2) is 0 Å². The van der Waals surface area contributed by atoms with Gasteiger partial charge in [-0.1, -0.05) is 13.8 Å². The minimum atomic E-state index is 0.198. The second-order valence-corrected chi connectivity index (χ2v) is 4.24. The molecule has 1 fully saturated rings. The molecular weight excluding hydrogens is 164 g/mol. The summed E-state index contributed by atoms with van der Waals surface area (Å²) in [6.45, 7) is 7.49. The van der Waals surface area contributed by atoms with Crippen molar-refractivity contribution in [2.45, 2.75) is 45.7 Å². The first-order chi connectivity index (χ1) is 6.09. The third kappa shape index (κ3) is 3.35. The maximum Gasteiger partial charge on any atom is 0.220 e. The summed E-state index contributed by atoms with van der Waals surface area (Å²) in [6, 6.07) is 0.881. The van der Waals surface area contributed by atoms with Gasteiger partial charge in [-0.3, -0.25) is 4.79 Å². The lowest BCUT2D eigenvalue weighted by atomic mass is 10.1. The Kier molecular flexibility index (Phi) is 3.72. The Hall–Kier alpha value is -0.570. The first kappa shape index (κ1) is 10.5. The molecule has 2 N–H and O–H groups in total. The van der Waals surface area contributed by atoms with Crippen LogP contribution in [0.3, 0.4) is 0 Å². The topological polar surface area (TPSA) is 41.1 Å². The van der Waals surface area contributed by atoms with E-state index in [-0.39, 0.29) is 5.91 Å². The first-order valence-corrected chi connectivity index (χ1v) is 5.12. The van der Waals surface area contributed by atoms with Crippen molar-refractivity contribution in [3.05, 3.63) is 0 Å². The van der Waals surface area contributed by atoms with Crippen LogP contribution in [0.25, 0.3) is 0 Å². The maximum atomic E-state index is 10.9. The van der Waals surface area contributed by atoms with Gasteiger partial charge in [0.1, 0.15) is 0 Å². The molecule has 0 radical (unpaired) electrons. The quantitative estimate of drug-likeness (QED) is 0.681. The molecule has 13 heavy (non-hydrogen) atoms. The largest absolute Gasteiger partial charge is 0.352 e. The van der Waals surface area contributed by atoms with E-state index in [2.05, 4.69) is 31.4 Å². The molecule has 76 valence electrons. The molecule has 1 saturated heterocycles. The Morgan fingerprint density at radius 1 is 1.54 bits per heavy atom. The van der Waals surface area contributed by atoms with Gasteiger partial charge in [-0.2, -0.15) is 0 Å². The Morgan fingerprint density at radius 2 is 2.23 bits per heavy atom. The van der Waals surface area contributed by atoms with Gasteiger partial charge in [0, 0.05) is 25.0 Å². The molecule has 3 heteroatoms. The number of hydrogen-bond acceptors (Lipinski definition) is 2. The third-order valence-corrected chi connectivity index (χ3v) is 2.77. The molecule has 1 rings (SSSR count). The van der Waals surface area contributed by atoms with E-state index in [9.17, 15) is 4.79 Å². The number of hydrogen-bond donors (Lipinski definition) is 2. The number of carbonyl (C=O) groups excluding carboxylic acids is 1. The lowest BCUT2D eigenvalue weighted by Crippen LogP contribution is -2.41. The number of rotatable bonds is 4. The fourth-order valence-electron chi connectivity index (χ4n) is 1.39. The summed E-state index contributed by atoms with van der Waals surface area (Å²) < 4.78 is 0. The Labute approximate surface area is 80.3 Å². The lowest BCUT2D eigenvalue weighted by molar-refractivity contribution is -0.119. The van der Waals surface area contributed by atoms with Crippen LogP contribution in [-0.2, 0) is 4.79 Å². The summed E-state index contributed by atoms with van der Waals surface area (Å²) in [4.78, 5) is 10.9. The molecule has 1 heterocycles. The Balaban J connectivity index is 2.16. The molecule has 3 nitrogen and oxygen atoms in total. The summed E-state index contributed by atoms with van der Waals surface area (Å²) in [5, 5.41) is 6.38. The molecular formula is C10H20N2O. The monoisotopic (exact) mass is 184 g/mol. The van der Waals surface area contributed by atoms with Crippen LogP contribution in [0.1, 0.15) is 33.6 Å². The molecule has 1 aliphatic rings. The third-order valence-electron chi connectivity index (χ3n) is 2.77. The SMILES string of the molecule is CC(C)C(C)NCC1CCC(=O)N1. The van der Waals surface area contributed by atoms with Crippen LogP contribution in [0.4, 0.5) is 0 Å². The first-order valence-electron chi connectivity index (χ1n) is 5.12. The summed E-state index contributed by atoms with van der Waals surface area (Å²) in [5.41, 5.74) is 0. The average molecular weight is 184 g/mol. The highest BCUT2D eigenvalue weighted by Gasteiger charge is 2.20. The number of carbonyl (C=O) groups is 1. The van der Waals surface area contributed by atoms with Crippen molar-refractivity contribution < 1.29 is 4.79 Å². The van der Waals surface area contributed by atoms with Crippen LogP contribution < -0.4 is 10.6 Å². The molecule has 2 unspecified atom stereocenters. The fraction of sp³-hybridized carbons (Fsp3) is 0.900. The molecule has 0 saturated carbocycles. The highest BCUT2D eigenvalue weighted by Crippen LogP contribution is 2.06. The van der Waals surface area contributed by atoms with Gasteiger partial charge in [-0.15, -0.1) is 0 Å². The van der Waals surface area contributed by atoms with Crippen molar-refractivity contribution in [1.82, 2.24) is 10.6 Å². The normalized spacial score (nSPS) is 24.9. The van der Waals surface area contributed by atoms with Gasteiger partial charge in [0.15, 0.2) is 0 Å². The van der Waals surface area contributed by atoms with E-state index in [1.54, 1.807) is 0 Å². The second-order valence-electron chi connectivity index (χ2n) is 4.24. The summed E-state index contributed by atoms with van der Waals surface area (Å²) in [5.74, 6) is 0.848. The van der Waals surface area contributed by atoms with E-state index >= 15 is 0 Å². The number of amides is 1. The minimum absolute atomic E-state index is 0.198. The number of nitrogens with one attached hydrogen (secondary N) is 2. The Morgan fingerprint density at radius 3 is 2.69 bits per heavy atom. The molecule has 0 bridgehead atoms. The van der Waals surface area contributed by atoms with Crippen molar-refractivity contribution in [1.29, 1.82) is 0 Å². The molecule has 0 spiro atoms. The predicted molar refractivity (Wildman–Crippen MR) is 53.5 cm³/mol. The van der Waals surface area contributed by atoms with E-state index in [0.29, 0.717) is 24.4 Å². The molecule has 0 aromatic rings. The zero-order valence-electron chi connectivity index (χ0n) is 8.76. The summed E-state index contributed by atoms with van der Waals surface area (Å²) in [6.07, 6.45) is 1.68. The van der Waals surface area contributed by atoms with Gasteiger partial charge in [0.2, 0.25) is 5.91 Å². The average Bonchev–Trinajstić information content (AvgIpc) is 2.47. The minimum Gasteiger partial charge on any atom is -0.352 e. The zero-order chi connectivity index (χ0) is 9.84. The predicted octanol–water partition coefficient (Wildman–Crippen LogP) is 0.899. The van der Waals surface area contributed by atoms with Crippen LogP contribution in [0, 0.1) is 5.92 Å². The fourth-order valence-corrected chi connectivity index (χ4v) is 1.39. The van der Waals surface area contributed by atoms with Gasteiger partial charge < -0.3 is 10.6 Å². The molecule has 1 amide bonds. The van der Waals surface area contributed by atoms with Crippen LogP contribution in [0.5, 0.6) is 0 Å². The van der Waals surface area contributed by atoms with Gasteiger partial charge in [0.05, 0.1) is 0 Å². The molecule has 0 aliphatic carbocycles. The second kappa shape index (κ2) is 4.61. The van der Waals surface area contributed by atoms with Crippen molar-refractivity contribution in [3.8, 4) is 0 Å². The van der Waals surface area contributed by atoms with Crippen molar-refractivity contribution in [2.24, 2.45) is 5.92 Å². The molecule has 1 aliphatic heterocycles. The van der Waals surface area contributed by atoms with Crippen LogP contribution in [0.2, 0.25) is 0 Å². The van der Waals surface area contributed by atoms with E-state index in [1.165, 1.54) is 0 Å². The summed E-state index contributed by atoms with van der Waals surface area (Å²) in [7, 11) is 0. The van der Waals surface area contributed by atoms with E-state index in [4.69, 9.17) is 0 Å². The van der Waals surface area contributed by atoms with Crippen LogP contribution in [0.15, 0.2) is 0 Å². The van der Waals surface area contributed by atoms with E-state index in [0.717, 1.165) is 13.0 Å². The molecule has 0 aromatic carbocycles. The van der Waals surface area contributed by atoms with E-state index in [1.807, 2.05) is 0 Å². The zero-order valence-corrected chi connectivity index (χ0v) is 8.76. The van der Waals surface area contributed by atoms with Crippen LogP contribution in [-0.4, -0.2) is 24.5 Å². The van der Waals surface area contributed by atoms with Gasteiger partial charge in [-0.05, 0) is 19.3 Å². The lowest BCUT2D eigenvalue weighted by Gasteiger charge is -2.20. The maximum absolute atomic E-state index is 10.9. The van der Waals surface area contributed by atoms with Crippen molar-refractivity contribution in [3.63, 3.8) is 0 Å². The van der Waals surface area contributed by atoms with E-state index < -0.39 is 0 Å².